The number of methoxy groups -OCH3 is 2. The topological polar surface area (TPSA) is 124 Å². The molecule has 35 heavy (non-hydrogen) atoms. The molecular formula is C25H22N2O8. The Bertz CT molecular complexity index is 1360. The Hall–Kier alpha value is -4.60. The van der Waals surface area contributed by atoms with Gasteiger partial charge >= 0.3 is 18.0 Å². The lowest BCUT2D eigenvalue weighted by atomic mass is 10.0. The average molecular weight is 478 g/mol. The minimum Gasteiger partial charge on any atom is -0.478 e. The number of carbonyl (C=O) groups excluding carboxylic acids is 4. The molecule has 4 rings (SSSR count). The van der Waals surface area contributed by atoms with Crippen molar-refractivity contribution in [3.8, 4) is 5.75 Å². The molecule has 10 nitrogen and oxygen atoms in total. The highest BCUT2D eigenvalue weighted by Crippen LogP contribution is 2.32. The first-order valence-electron chi connectivity index (χ1n) is 10.6. The lowest BCUT2D eigenvalue weighted by molar-refractivity contribution is -0.147. The Labute approximate surface area is 200 Å². The Kier molecular flexibility index (Phi) is 6.54. The van der Waals surface area contributed by atoms with Crippen molar-refractivity contribution in [1.29, 1.82) is 0 Å². The fourth-order valence-electron chi connectivity index (χ4n) is 3.62. The number of nitrogens with zero attached hydrogens (tertiary/aromatic N) is 1. The van der Waals surface area contributed by atoms with Gasteiger partial charge in [-0.25, -0.2) is 14.4 Å². The summed E-state index contributed by atoms with van der Waals surface area (Å²) in [5, 5.41) is 4.19. The highest BCUT2D eigenvalue weighted by Gasteiger charge is 2.35. The van der Waals surface area contributed by atoms with Gasteiger partial charge in [0.15, 0.2) is 6.10 Å². The predicted molar refractivity (Wildman–Crippen MR) is 123 cm³/mol. The monoisotopic (exact) mass is 478 g/mol. The van der Waals surface area contributed by atoms with Crippen molar-refractivity contribution < 1.29 is 37.8 Å². The molecule has 0 unspecified atom stereocenters. The van der Waals surface area contributed by atoms with Gasteiger partial charge < -0.3 is 23.9 Å². The highest BCUT2D eigenvalue weighted by molar-refractivity contribution is 6.14. The number of furan rings is 1. The molecule has 2 heterocycles. The maximum Gasteiger partial charge on any atom is 0.373 e. The Morgan fingerprint density at radius 3 is 2.57 bits per heavy atom. The second-order valence-electron chi connectivity index (χ2n) is 7.62. The van der Waals surface area contributed by atoms with Crippen LogP contribution in [0.4, 0.5) is 4.79 Å². The second kappa shape index (κ2) is 9.72. The molecule has 1 aromatic heterocycles. The van der Waals surface area contributed by atoms with Gasteiger partial charge in [-0.1, -0.05) is 30.3 Å². The fourth-order valence-corrected chi connectivity index (χ4v) is 3.62. The van der Waals surface area contributed by atoms with E-state index in [0.717, 1.165) is 15.7 Å². The number of esters is 2. The van der Waals surface area contributed by atoms with Gasteiger partial charge in [-0.05, 0) is 42.0 Å². The van der Waals surface area contributed by atoms with Crippen LogP contribution in [0.2, 0.25) is 0 Å². The number of fused-ring (bicyclic) bond motifs is 1. The van der Waals surface area contributed by atoms with Gasteiger partial charge in [0.25, 0.3) is 5.91 Å². The molecular weight excluding hydrogens is 456 g/mol. The van der Waals surface area contributed by atoms with Gasteiger partial charge in [0.05, 0.1) is 20.8 Å². The van der Waals surface area contributed by atoms with E-state index >= 15 is 0 Å². The van der Waals surface area contributed by atoms with Gasteiger partial charge in [0, 0.05) is 5.56 Å². The van der Waals surface area contributed by atoms with Gasteiger partial charge in [-0.3, -0.25) is 9.69 Å². The number of rotatable bonds is 7. The first-order valence-corrected chi connectivity index (χ1v) is 10.6. The van der Waals surface area contributed by atoms with Crippen LogP contribution in [-0.4, -0.2) is 49.1 Å². The third kappa shape index (κ3) is 4.72. The minimum absolute atomic E-state index is 0.0154. The number of nitrogens with one attached hydrogen (secondary N) is 1. The van der Waals surface area contributed by atoms with E-state index in [1.165, 1.54) is 32.4 Å². The van der Waals surface area contributed by atoms with E-state index in [-0.39, 0.29) is 23.8 Å². The van der Waals surface area contributed by atoms with E-state index < -0.39 is 30.0 Å². The quantitative estimate of drug-likeness (QED) is 0.312. The first-order chi connectivity index (χ1) is 16.8. The molecule has 2 aromatic carbocycles. The summed E-state index contributed by atoms with van der Waals surface area (Å²) in [5.41, 5.74) is 0.525. The van der Waals surface area contributed by atoms with Crippen molar-refractivity contribution in [2.75, 3.05) is 14.2 Å². The summed E-state index contributed by atoms with van der Waals surface area (Å²) in [4.78, 5) is 50.1. The van der Waals surface area contributed by atoms with E-state index in [2.05, 4.69) is 10.1 Å². The van der Waals surface area contributed by atoms with Crippen LogP contribution in [-0.2, 0) is 25.6 Å². The van der Waals surface area contributed by atoms with Crippen molar-refractivity contribution in [3.63, 3.8) is 0 Å². The minimum atomic E-state index is -0.897. The number of carbonyl (C=O) groups is 4. The van der Waals surface area contributed by atoms with Gasteiger partial charge in [0.1, 0.15) is 17.2 Å². The van der Waals surface area contributed by atoms with Gasteiger partial charge in [-0.2, -0.15) is 0 Å². The number of hydrogen-bond donors (Lipinski definition) is 1. The Morgan fingerprint density at radius 2 is 1.83 bits per heavy atom. The summed E-state index contributed by atoms with van der Waals surface area (Å²) in [5.74, 6) is -1.29. The van der Waals surface area contributed by atoms with Crippen molar-refractivity contribution >= 4 is 40.7 Å². The van der Waals surface area contributed by atoms with E-state index in [9.17, 15) is 19.2 Å². The first kappa shape index (κ1) is 23.6. The predicted octanol–water partition coefficient (Wildman–Crippen LogP) is 3.25. The molecule has 0 saturated carbocycles. The summed E-state index contributed by atoms with van der Waals surface area (Å²) in [6.45, 7) is 1.37. The van der Waals surface area contributed by atoms with Crippen molar-refractivity contribution in [3.05, 3.63) is 71.3 Å². The largest absolute Gasteiger partial charge is 0.478 e. The van der Waals surface area contributed by atoms with Crippen LogP contribution in [0, 0.1) is 0 Å². The maximum absolute atomic E-state index is 13.1. The molecule has 0 radical (unpaired) electrons. The number of urea groups is 1. The van der Waals surface area contributed by atoms with Crippen LogP contribution >= 0.6 is 0 Å². The summed E-state index contributed by atoms with van der Waals surface area (Å²) in [7, 11) is 2.48. The van der Waals surface area contributed by atoms with Crippen LogP contribution < -0.4 is 10.1 Å². The lowest BCUT2D eigenvalue weighted by Gasteiger charge is -2.16. The third-order valence-corrected chi connectivity index (χ3v) is 5.38. The number of ether oxygens (including phenoxy) is 3. The van der Waals surface area contributed by atoms with Crippen LogP contribution in [0.15, 0.2) is 58.6 Å². The van der Waals surface area contributed by atoms with Crippen molar-refractivity contribution in [1.82, 2.24) is 10.2 Å². The summed E-state index contributed by atoms with van der Waals surface area (Å²) < 4.78 is 20.5. The van der Waals surface area contributed by atoms with Crippen molar-refractivity contribution in [2.45, 2.75) is 19.6 Å². The molecule has 1 saturated heterocycles. The number of hydrogen-bond acceptors (Lipinski definition) is 8. The number of amides is 3. The van der Waals surface area contributed by atoms with E-state index in [1.54, 1.807) is 13.0 Å². The summed E-state index contributed by atoms with van der Waals surface area (Å²) in [6, 6.07) is 13.2. The molecule has 1 aliphatic heterocycles. The zero-order chi connectivity index (χ0) is 25.1. The summed E-state index contributed by atoms with van der Waals surface area (Å²) in [6.07, 6.45) is 0.607. The zero-order valence-corrected chi connectivity index (χ0v) is 19.2. The van der Waals surface area contributed by atoms with Crippen LogP contribution in [0.5, 0.6) is 5.75 Å². The van der Waals surface area contributed by atoms with Gasteiger partial charge in [0.2, 0.25) is 5.76 Å². The molecule has 1 N–H and O–H groups in total. The van der Waals surface area contributed by atoms with Gasteiger partial charge in [-0.15, -0.1) is 0 Å². The fraction of sp³-hybridized carbons (Fsp3) is 0.200. The highest BCUT2D eigenvalue weighted by atomic mass is 16.6. The zero-order valence-electron chi connectivity index (χ0n) is 19.2. The van der Waals surface area contributed by atoms with E-state index in [1.807, 2.05) is 30.3 Å². The molecule has 3 aromatic rings. The number of imide groups is 1. The molecule has 1 atom stereocenters. The Morgan fingerprint density at radius 1 is 1.06 bits per heavy atom. The van der Waals surface area contributed by atoms with E-state index in [0.29, 0.717) is 11.3 Å². The van der Waals surface area contributed by atoms with Crippen LogP contribution in [0.25, 0.3) is 16.8 Å². The SMILES string of the molecule is COC(=O)c1ccc(CN2C(=O)N/C(=C\c3c(O[C@H](C)C(=O)OC)ccc4ccccc34)C2=O)o1. The molecule has 0 bridgehead atoms. The Balaban J connectivity index is 1.67. The normalized spacial score (nSPS) is 15.3. The standard InChI is InChI=1S/C25H22N2O8/c1-14(23(29)32-2)34-20-10-8-15-6-4-5-7-17(15)18(20)12-19-22(28)27(25(31)26-19)13-16-9-11-21(35-16)24(30)33-3/h4-12,14H,13H2,1-3H3,(H,26,31)/b19-12-/t14-/m1/s1. The van der Waals surface area contributed by atoms with Crippen LogP contribution in [0.3, 0.4) is 0 Å². The molecule has 10 heteroatoms. The smallest absolute Gasteiger partial charge is 0.373 e. The molecule has 180 valence electrons. The molecule has 0 spiro atoms. The molecule has 3 amide bonds. The van der Waals surface area contributed by atoms with Crippen molar-refractivity contribution in [2.24, 2.45) is 0 Å². The lowest BCUT2D eigenvalue weighted by Crippen LogP contribution is -2.30. The molecule has 1 fully saturated rings. The second-order valence-corrected chi connectivity index (χ2v) is 7.62. The van der Waals surface area contributed by atoms with Crippen LogP contribution in [0.1, 0.15) is 28.8 Å². The number of benzene rings is 2. The van der Waals surface area contributed by atoms with E-state index in [4.69, 9.17) is 13.9 Å². The maximum atomic E-state index is 13.1. The molecule has 1 aliphatic rings. The third-order valence-electron chi connectivity index (χ3n) is 5.38. The average Bonchev–Trinajstić information content (AvgIpc) is 3.44. The summed E-state index contributed by atoms with van der Waals surface area (Å²) >= 11 is 0. The molecule has 0 aliphatic carbocycles.